The number of benzene rings is 2. The van der Waals surface area contributed by atoms with Gasteiger partial charge in [-0.05, 0) is 54.3 Å². The fourth-order valence-electron chi connectivity index (χ4n) is 2.50. The van der Waals surface area contributed by atoms with Gasteiger partial charge in [0.25, 0.3) is 0 Å². The van der Waals surface area contributed by atoms with E-state index in [2.05, 4.69) is 17.1 Å². The van der Waals surface area contributed by atoms with Crippen LogP contribution in [0.5, 0.6) is 5.75 Å². The predicted octanol–water partition coefficient (Wildman–Crippen LogP) is 5.10. The van der Waals surface area contributed by atoms with E-state index in [-0.39, 0.29) is 5.97 Å². The molecule has 0 spiro atoms. The highest BCUT2D eigenvalue weighted by Crippen LogP contribution is 2.16. The molecule has 3 rings (SSSR count). The van der Waals surface area contributed by atoms with Crippen LogP contribution in [-0.4, -0.2) is 11.0 Å². The number of ether oxygens (including phenoxy) is 1. The van der Waals surface area contributed by atoms with Crippen LogP contribution in [0.2, 0.25) is 0 Å². The van der Waals surface area contributed by atoms with E-state index < -0.39 is 0 Å². The minimum absolute atomic E-state index is 0.217. The van der Waals surface area contributed by atoms with Gasteiger partial charge in [0.2, 0.25) is 0 Å². The van der Waals surface area contributed by atoms with Gasteiger partial charge < -0.3 is 4.74 Å². The van der Waals surface area contributed by atoms with E-state index in [1.54, 1.807) is 12.4 Å². The average molecular weight is 343 g/mol. The molecule has 0 aliphatic rings. The zero-order chi connectivity index (χ0) is 18.2. The van der Waals surface area contributed by atoms with E-state index in [0.717, 1.165) is 16.7 Å². The molecule has 0 bridgehead atoms. The lowest BCUT2D eigenvalue weighted by molar-refractivity contribution is -0.134. The number of rotatable bonds is 6. The third-order valence-electron chi connectivity index (χ3n) is 4.02. The average Bonchev–Trinajstić information content (AvgIpc) is 2.68. The van der Waals surface area contributed by atoms with Crippen molar-refractivity contribution in [2.24, 2.45) is 0 Å². The Bertz CT molecular complexity index is 866. The second-order valence-electron chi connectivity index (χ2n) is 6.14. The molecule has 130 valence electrons. The summed E-state index contributed by atoms with van der Waals surface area (Å²) < 4.78 is 5.41. The van der Waals surface area contributed by atoms with E-state index >= 15 is 0 Å². The Kier molecular flexibility index (Phi) is 5.94. The maximum atomic E-state index is 12.0. The lowest BCUT2D eigenvalue weighted by Crippen LogP contribution is -2.09. The third kappa shape index (κ3) is 5.42. The molecule has 0 atom stereocenters. The number of esters is 1. The van der Waals surface area contributed by atoms with Crippen molar-refractivity contribution in [1.29, 1.82) is 0 Å². The molecule has 26 heavy (non-hydrogen) atoms. The molecule has 2 aromatic carbocycles. The van der Waals surface area contributed by atoms with Crippen LogP contribution in [0.3, 0.4) is 0 Å². The molecule has 0 radical (unpaired) electrons. The molecule has 0 aliphatic carbocycles. The molecule has 0 fully saturated rings. The molecule has 0 amide bonds. The highest BCUT2D eigenvalue weighted by molar-refractivity contribution is 5.73. The first-order chi connectivity index (χ1) is 12.7. The number of carbonyl (C=O) groups is 1. The van der Waals surface area contributed by atoms with Crippen molar-refractivity contribution in [1.82, 2.24) is 4.98 Å². The molecule has 0 saturated carbocycles. The molecule has 0 aliphatic heterocycles. The first-order valence-corrected chi connectivity index (χ1v) is 8.63. The topological polar surface area (TPSA) is 39.2 Å². The normalized spacial score (nSPS) is 10.8. The van der Waals surface area contributed by atoms with Gasteiger partial charge in [-0.2, -0.15) is 0 Å². The molecule has 0 unspecified atom stereocenters. The smallest absolute Gasteiger partial charge is 0.311 e. The maximum absolute atomic E-state index is 12.0. The van der Waals surface area contributed by atoms with Gasteiger partial charge in [0.05, 0.1) is 0 Å². The quantitative estimate of drug-likeness (QED) is 0.462. The second-order valence-corrected chi connectivity index (χ2v) is 6.14. The van der Waals surface area contributed by atoms with Crippen LogP contribution in [0, 0.1) is 6.92 Å². The lowest BCUT2D eigenvalue weighted by atomic mass is 10.1. The highest BCUT2D eigenvalue weighted by atomic mass is 16.5. The van der Waals surface area contributed by atoms with Gasteiger partial charge in [0.15, 0.2) is 0 Å². The fraction of sp³-hybridized carbons (Fsp3) is 0.130. The van der Waals surface area contributed by atoms with Crippen molar-refractivity contribution < 1.29 is 9.53 Å². The maximum Gasteiger partial charge on any atom is 0.311 e. The van der Waals surface area contributed by atoms with Crippen molar-refractivity contribution >= 4 is 18.1 Å². The second kappa shape index (κ2) is 8.77. The summed E-state index contributed by atoms with van der Waals surface area (Å²) in [7, 11) is 0. The van der Waals surface area contributed by atoms with Gasteiger partial charge in [-0.1, -0.05) is 54.1 Å². The lowest BCUT2D eigenvalue weighted by Gasteiger charge is -2.05. The van der Waals surface area contributed by atoms with E-state index in [9.17, 15) is 4.79 Å². The van der Waals surface area contributed by atoms with Crippen molar-refractivity contribution in [2.75, 3.05) is 0 Å². The van der Waals surface area contributed by atoms with Crippen LogP contribution in [0.15, 0.2) is 73.1 Å². The third-order valence-corrected chi connectivity index (χ3v) is 4.02. The number of nitrogens with zero attached hydrogens (tertiary/aromatic N) is 1. The highest BCUT2D eigenvalue weighted by Gasteiger charge is 2.05. The standard InChI is InChI=1S/C23H21NO2/c1-18-2-4-19(5-3-18)10-13-23(25)26-22-11-8-20(9-12-22)6-7-21-14-16-24-17-15-21/h2-9,11-12,14-17H,10,13H2,1H3/b7-6+. The van der Waals surface area contributed by atoms with Crippen LogP contribution >= 0.6 is 0 Å². The molecule has 1 aromatic heterocycles. The van der Waals surface area contributed by atoms with Gasteiger partial charge in [-0.3, -0.25) is 9.78 Å². The minimum Gasteiger partial charge on any atom is -0.427 e. The summed E-state index contributed by atoms with van der Waals surface area (Å²) in [6, 6.07) is 19.6. The molecular formula is C23H21NO2. The first-order valence-electron chi connectivity index (χ1n) is 8.63. The van der Waals surface area contributed by atoms with Gasteiger partial charge in [-0.15, -0.1) is 0 Å². The molecule has 0 N–H and O–H groups in total. The molecule has 3 heteroatoms. The summed E-state index contributed by atoms with van der Waals surface area (Å²) in [6.45, 7) is 2.05. The molecule has 0 saturated heterocycles. The summed E-state index contributed by atoms with van der Waals surface area (Å²) >= 11 is 0. The first kappa shape index (κ1) is 17.6. The number of hydrogen-bond donors (Lipinski definition) is 0. The number of carbonyl (C=O) groups excluding carboxylic acids is 1. The Morgan fingerprint density at radius 2 is 1.50 bits per heavy atom. The molecule has 3 nitrogen and oxygen atoms in total. The summed E-state index contributed by atoms with van der Waals surface area (Å²) in [5.74, 6) is 0.352. The van der Waals surface area contributed by atoms with E-state index in [1.807, 2.05) is 67.6 Å². The Morgan fingerprint density at radius 1 is 0.885 bits per heavy atom. The Labute approximate surface area is 154 Å². The van der Waals surface area contributed by atoms with E-state index in [4.69, 9.17) is 4.74 Å². The summed E-state index contributed by atoms with van der Waals surface area (Å²) in [5.41, 5.74) is 4.49. The Hall–Kier alpha value is -3.20. The van der Waals surface area contributed by atoms with E-state index in [0.29, 0.717) is 18.6 Å². The largest absolute Gasteiger partial charge is 0.427 e. The zero-order valence-electron chi connectivity index (χ0n) is 14.8. The summed E-state index contributed by atoms with van der Waals surface area (Å²) in [4.78, 5) is 16.0. The van der Waals surface area contributed by atoms with Crippen molar-refractivity contribution in [2.45, 2.75) is 19.8 Å². The van der Waals surface area contributed by atoms with Crippen molar-refractivity contribution in [3.8, 4) is 5.75 Å². The van der Waals surface area contributed by atoms with Crippen LogP contribution in [0.25, 0.3) is 12.2 Å². The fourth-order valence-corrected chi connectivity index (χ4v) is 2.50. The Morgan fingerprint density at radius 3 is 2.15 bits per heavy atom. The molecular weight excluding hydrogens is 322 g/mol. The van der Waals surface area contributed by atoms with Crippen LogP contribution < -0.4 is 4.74 Å². The Balaban J connectivity index is 1.51. The number of hydrogen-bond acceptors (Lipinski definition) is 3. The van der Waals surface area contributed by atoms with Crippen LogP contribution in [0.4, 0.5) is 0 Å². The van der Waals surface area contributed by atoms with Crippen LogP contribution in [0.1, 0.15) is 28.7 Å². The van der Waals surface area contributed by atoms with Gasteiger partial charge in [0, 0.05) is 18.8 Å². The molecule has 3 aromatic rings. The SMILES string of the molecule is Cc1ccc(CCC(=O)Oc2ccc(/C=C/c3ccncc3)cc2)cc1. The van der Waals surface area contributed by atoms with E-state index in [1.165, 1.54) is 5.56 Å². The minimum atomic E-state index is -0.217. The summed E-state index contributed by atoms with van der Waals surface area (Å²) in [6.07, 6.45) is 8.61. The predicted molar refractivity (Wildman–Crippen MR) is 105 cm³/mol. The zero-order valence-corrected chi connectivity index (χ0v) is 14.8. The number of aromatic nitrogens is 1. The summed E-state index contributed by atoms with van der Waals surface area (Å²) in [5, 5.41) is 0. The monoisotopic (exact) mass is 343 g/mol. The van der Waals surface area contributed by atoms with Crippen molar-refractivity contribution in [3.63, 3.8) is 0 Å². The number of pyridine rings is 1. The van der Waals surface area contributed by atoms with Gasteiger partial charge >= 0.3 is 5.97 Å². The van der Waals surface area contributed by atoms with Gasteiger partial charge in [-0.25, -0.2) is 0 Å². The van der Waals surface area contributed by atoms with Gasteiger partial charge in [0.1, 0.15) is 5.75 Å². The van der Waals surface area contributed by atoms with Crippen LogP contribution in [-0.2, 0) is 11.2 Å². The number of aryl methyl sites for hydroxylation is 2. The molecule has 1 heterocycles. The van der Waals surface area contributed by atoms with Crippen molar-refractivity contribution in [3.05, 3.63) is 95.3 Å².